The summed E-state index contributed by atoms with van der Waals surface area (Å²) in [7, 11) is 0. The number of fused-ring (bicyclic) bond motifs is 3. The molecular weight excluding hydrogens is 164 g/mol. The minimum Gasteiger partial charge on any atom is -0.148 e. The van der Waals surface area contributed by atoms with Crippen molar-refractivity contribution in [3.8, 4) is 0 Å². The number of nitrogens with zero attached hydrogens (tertiary/aromatic N) is 4. The Labute approximate surface area is 73.8 Å². The van der Waals surface area contributed by atoms with E-state index in [-0.39, 0.29) is 0 Å². The molecule has 62 valence electrons. The fourth-order valence-corrected chi connectivity index (χ4v) is 1.45. The molecule has 0 N–H and O–H groups in total. The highest BCUT2D eigenvalue weighted by Gasteiger charge is 2.02. The lowest BCUT2D eigenvalue weighted by molar-refractivity contribution is 0.726. The lowest BCUT2D eigenvalue weighted by Crippen LogP contribution is -1.93. The highest BCUT2D eigenvalue weighted by molar-refractivity contribution is 5.93. The Morgan fingerprint density at radius 3 is 3.00 bits per heavy atom. The Morgan fingerprint density at radius 1 is 1.08 bits per heavy atom. The number of hydrogen-bond donors (Lipinski definition) is 0. The van der Waals surface area contributed by atoms with Gasteiger partial charge in [-0.1, -0.05) is 18.2 Å². The van der Waals surface area contributed by atoms with Gasteiger partial charge in [0.25, 0.3) is 0 Å². The van der Waals surface area contributed by atoms with Crippen molar-refractivity contribution in [1.82, 2.24) is 20.0 Å². The van der Waals surface area contributed by atoms with Crippen molar-refractivity contribution in [2.75, 3.05) is 0 Å². The van der Waals surface area contributed by atoms with Gasteiger partial charge in [-0.05, 0) is 17.3 Å². The van der Waals surface area contributed by atoms with Crippen molar-refractivity contribution in [3.63, 3.8) is 0 Å². The molecule has 3 rings (SSSR count). The van der Waals surface area contributed by atoms with Crippen molar-refractivity contribution in [2.24, 2.45) is 0 Å². The summed E-state index contributed by atoms with van der Waals surface area (Å²) in [6.45, 7) is 0. The third-order valence-corrected chi connectivity index (χ3v) is 2.03. The maximum atomic E-state index is 4.26. The molecule has 0 bridgehead atoms. The number of rotatable bonds is 0. The van der Waals surface area contributed by atoms with Gasteiger partial charge in [-0.25, -0.2) is 0 Å². The number of benzene rings is 1. The minimum absolute atomic E-state index is 0.947. The van der Waals surface area contributed by atoms with E-state index in [0.717, 1.165) is 16.4 Å². The minimum atomic E-state index is 0.947. The number of hydrogen-bond acceptors (Lipinski definition) is 3. The van der Waals surface area contributed by atoms with E-state index in [1.165, 1.54) is 0 Å². The van der Waals surface area contributed by atoms with Crippen LogP contribution in [0.2, 0.25) is 0 Å². The fourth-order valence-electron chi connectivity index (χ4n) is 1.45. The first-order valence-electron chi connectivity index (χ1n) is 4.00. The van der Waals surface area contributed by atoms with Crippen LogP contribution < -0.4 is 0 Å². The molecule has 13 heavy (non-hydrogen) atoms. The molecule has 1 aromatic carbocycles. The molecule has 4 nitrogen and oxygen atoms in total. The van der Waals surface area contributed by atoms with Crippen LogP contribution >= 0.6 is 0 Å². The van der Waals surface area contributed by atoms with E-state index in [1.807, 2.05) is 30.3 Å². The molecule has 2 heterocycles. The quantitative estimate of drug-likeness (QED) is 0.510. The van der Waals surface area contributed by atoms with Crippen LogP contribution in [0.4, 0.5) is 0 Å². The summed E-state index contributed by atoms with van der Waals surface area (Å²) in [6, 6.07) is 9.85. The zero-order chi connectivity index (χ0) is 8.67. The van der Waals surface area contributed by atoms with Crippen LogP contribution in [0.25, 0.3) is 16.4 Å². The lowest BCUT2D eigenvalue weighted by Gasteiger charge is -1.86. The molecule has 0 radical (unpaired) electrons. The zero-order valence-corrected chi connectivity index (χ0v) is 6.75. The predicted molar refractivity (Wildman–Crippen MR) is 48.3 cm³/mol. The van der Waals surface area contributed by atoms with E-state index in [4.69, 9.17) is 0 Å². The van der Waals surface area contributed by atoms with Gasteiger partial charge < -0.3 is 0 Å². The van der Waals surface area contributed by atoms with E-state index < -0.39 is 0 Å². The predicted octanol–water partition coefficient (Wildman–Crippen LogP) is 1.28. The van der Waals surface area contributed by atoms with E-state index in [9.17, 15) is 0 Å². The topological polar surface area (TPSA) is 43.1 Å². The molecule has 0 aliphatic rings. The van der Waals surface area contributed by atoms with E-state index >= 15 is 0 Å². The standard InChI is InChI=1S/C9H6N4/c1-2-4-8-7(3-1)9-5-6-10-12-13(9)11-8/h1-6H. The highest BCUT2D eigenvalue weighted by Crippen LogP contribution is 2.16. The van der Waals surface area contributed by atoms with Crippen LogP contribution in [0.5, 0.6) is 0 Å². The van der Waals surface area contributed by atoms with E-state index in [1.54, 1.807) is 10.8 Å². The van der Waals surface area contributed by atoms with Crippen LogP contribution in [-0.4, -0.2) is 20.0 Å². The molecule has 0 aliphatic carbocycles. The molecule has 0 aliphatic heterocycles. The Hall–Kier alpha value is -1.97. The van der Waals surface area contributed by atoms with Crippen LogP contribution in [0.15, 0.2) is 36.5 Å². The third-order valence-electron chi connectivity index (χ3n) is 2.03. The first-order chi connectivity index (χ1) is 6.45. The molecule has 3 aromatic rings. The Balaban J connectivity index is 2.64. The van der Waals surface area contributed by atoms with Crippen LogP contribution in [0.3, 0.4) is 0 Å². The molecule has 0 amide bonds. The molecule has 0 spiro atoms. The van der Waals surface area contributed by atoms with Crippen molar-refractivity contribution < 1.29 is 0 Å². The number of aromatic nitrogens is 4. The molecule has 4 heteroatoms. The summed E-state index contributed by atoms with van der Waals surface area (Å²) < 4.78 is 1.55. The normalized spacial score (nSPS) is 11.1. The first kappa shape index (κ1) is 6.54. The molecule has 0 fully saturated rings. The smallest absolute Gasteiger partial charge is 0.0985 e. The molecular formula is C9H6N4. The van der Waals surface area contributed by atoms with Crippen LogP contribution in [0, 0.1) is 0 Å². The summed E-state index contributed by atoms with van der Waals surface area (Å²) in [5.74, 6) is 0. The second-order valence-electron chi connectivity index (χ2n) is 2.81. The van der Waals surface area contributed by atoms with Gasteiger partial charge in [-0.3, -0.25) is 0 Å². The van der Waals surface area contributed by atoms with Gasteiger partial charge in [0.2, 0.25) is 0 Å². The second kappa shape index (κ2) is 2.26. The first-order valence-corrected chi connectivity index (χ1v) is 4.00. The Kier molecular flexibility index (Phi) is 1.14. The van der Waals surface area contributed by atoms with Crippen molar-refractivity contribution >= 4 is 16.4 Å². The maximum absolute atomic E-state index is 4.26. The molecule has 0 unspecified atom stereocenters. The van der Waals surface area contributed by atoms with Gasteiger partial charge in [0, 0.05) is 5.39 Å². The van der Waals surface area contributed by atoms with Crippen molar-refractivity contribution in [1.29, 1.82) is 0 Å². The summed E-state index contributed by atoms with van der Waals surface area (Å²) in [4.78, 5) is 0. The zero-order valence-electron chi connectivity index (χ0n) is 6.75. The van der Waals surface area contributed by atoms with Crippen molar-refractivity contribution in [2.45, 2.75) is 0 Å². The fraction of sp³-hybridized carbons (Fsp3) is 0. The van der Waals surface area contributed by atoms with Gasteiger partial charge >= 0.3 is 0 Å². The Morgan fingerprint density at radius 2 is 2.00 bits per heavy atom. The summed E-state index contributed by atoms with van der Waals surface area (Å²) in [6.07, 6.45) is 1.67. The van der Waals surface area contributed by atoms with Crippen LogP contribution in [-0.2, 0) is 0 Å². The van der Waals surface area contributed by atoms with Gasteiger partial charge in [0.1, 0.15) is 0 Å². The van der Waals surface area contributed by atoms with E-state index in [2.05, 4.69) is 15.4 Å². The van der Waals surface area contributed by atoms with Crippen LogP contribution in [0.1, 0.15) is 0 Å². The summed E-state index contributed by atoms with van der Waals surface area (Å²) >= 11 is 0. The highest BCUT2D eigenvalue weighted by atomic mass is 15.5. The molecule has 0 saturated heterocycles. The largest absolute Gasteiger partial charge is 0.148 e. The summed E-state index contributed by atoms with van der Waals surface area (Å²) in [5, 5.41) is 13.0. The lowest BCUT2D eigenvalue weighted by atomic mass is 10.2. The molecule has 0 atom stereocenters. The van der Waals surface area contributed by atoms with E-state index in [0.29, 0.717) is 0 Å². The van der Waals surface area contributed by atoms with Gasteiger partial charge in [-0.15, -0.1) is 14.8 Å². The SMILES string of the molecule is c1ccc2c(c1)nn1nnccc21. The molecule has 2 aromatic heterocycles. The average Bonchev–Trinajstić information content (AvgIpc) is 2.56. The maximum Gasteiger partial charge on any atom is 0.0985 e. The second-order valence-corrected chi connectivity index (χ2v) is 2.81. The van der Waals surface area contributed by atoms with Crippen molar-refractivity contribution in [3.05, 3.63) is 36.5 Å². The van der Waals surface area contributed by atoms with Gasteiger partial charge in [0.05, 0.1) is 17.2 Å². The monoisotopic (exact) mass is 170 g/mol. The average molecular weight is 170 g/mol. The van der Waals surface area contributed by atoms with Gasteiger partial charge in [0.15, 0.2) is 0 Å². The summed E-state index contributed by atoms with van der Waals surface area (Å²) in [5.41, 5.74) is 1.94. The Bertz CT molecular complexity index is 519. The third kappa shape index (κ3) is 0.823. The molecule has 0 saturated carbocycles. The van der Waals surface area contributed by atoms with Gasteiger partial charge in [-0.2, -0.15) is 0 Å².